The summed E-state index contributed by atoms with van der Waals surface area (Å²) in [6, 6.07) is 19.9. The van der Waals surface area contributed by atoms with Crippen molar-refractivity contribution in [3.05, 3.63) is 87.8 Å². The van der Waals surface area contributed by atoms with Crippen LogP contribution in [-0.4, -0.2) is 40.9 Å². The first-order valence-corrected chi connectivity index (χ1v) is 9.94. The predicted octanol–water partition coefficient (Wildman–Crippen LogP) is 3.60. The summed E-state index contributed by atoms with van der Waals surface area (Å²) in [5, 5.41) is 4.60. The molecule has 5 nitrogen and oxygen atoms in total. The maximum absolute atomic E-state index is 12.8. The average Bonchev–Trinajstić information content (AvgIpc) is 2.97. The number of rotatable bonds is 4. The molecule has 1 aromatic heterocycles. The van der Waals surface area contributed by atoms with Crippen LogP contribution in [0.3, 0.4) is 0 Å². The van der Waals surface area contributed by atoms with Crippen LogP contribution < -0.4 is 10.5 Å². The Bertz CT molecular complexity index is 975. The maximum Gasteiger partial charge on any atom is 0.292 e. The number of halogens is 1. The molecule has 0 N–H and O–H groups in total. The van der Waals surface area contributed by atoms with Gasteiger partial charge in [-0.2, -0.15) is 9.78 Å². The lowest BCUT2D eigenvalue weighted by molar-refractivity contribution is 0.285. The number of nitrogens with zero attached hydrogens (tertiary/aromatic N) is 4. The second-order valence-electron chi connectivity index (χ2n) is 7.00. The summed E-state index contributed by atoms with van der Waals surface area (Å²) in [7, 11) is 0. The molecule has 1 saturated heterocycles. The second kappa shape index (κ2) is 8.59. The molecule has 6 heteroatoms. The summed E-state index contributed by atoms with van der Waals surface area (Å²) in [5.74, 6) is 0. The molecule has 1 aliphatic rings. The summed E-state index contributed by atoms with van der Waals surface area (Å²) in [5.41, 5.74) is 2.48. The van der Waals surface area contributed by atoms with E-state index >= 15 is 0 Å². The van der Waals surface area contributed by atoms with E-state index < -0.39 is 0 Å². The molecule has 2 aromatic carbocycles. The lowest BCUT2D eigenvalue weighted by Crippen LogP contribution is -2.32. The molecule has 0 amide bonds. The van der Waals surface area contributed by atoms with E-state index in [2.05, 4.69) is 39.2 Å². The molecule has 144 valence electrons. The van der Waals surface area contributed by atoms with Gasteiger partial charge in [0.2, 0.25) is 0 Å². The minimum Gasteiger partial charge on any atom is -0.368 e. The minimum atomic E-state index is -0.282. The van der Waals surface area contributed by atoms with E-state index in [1.807, 2.05) is 36.4 Å². The molecular formula is C22H23ClN4O. The Kier molecular flexibility index (Phi) is 5.74. The number of hydrogen-bond acceptors (Lipinski definition) is 4. The van der Waals surface area contributed by atoms with Gasteiger partial charge in [-0.15, -0.1) is 0 Å². The maximum atomic E-state index is 12.8. The first kappa shape index (κ1) is 18.7. The molecule has 2 heterocycles. The van der Waals surface area contributed by atoms with Gasteiger partial charge in [0.15, 0.2) is 0 Å². The van der Waals surface area contributed by atoms with E-state index in [0.717, 1.165) is 44.8 Å². The van der Waals surface area contributed by atoms with Gasteiger partial charge in [-0.1, -0.05) is 60.1 Å². The summed E-state index contributed by atoms with van der Waals surface area (Å²) in [4.78, 5) is 17.4. The molecule has 0 bridgehead atoms. The second-order valence-corrected chi connectivity index (χ2v) is 7.38. The Morgan fingerprint density at radius 1 is 0.893 bits per heavy atom. The van der Waals surface area contributed by atoms with Crippen LogP contribution in [0.1, 0.15) is 12.0 Å². The molecule has 0 spiro atoms. The van der Waals surface area contributed by atoms with Crippen molar-refractivity contribution in [3.8, 4) is 5.69 Å². The Morgan fingerprint density at radius 3 is 2.36 bits per heavy atom. The molecule has 28 heavy (non-hydrogen) atoms. The van der Waals surface area contributed by atoms with Gasteiger partial charge >= 0.3 is 0 Å². The van der Waals surface area contributed by atoms with E-state index in [1.165, 1.54) is 10.2 Å². The fourth-order valence-corrected chi connectivity index (χ4v) is 3.86. The fraction of sp³-hybridized carbons (Fsp3) is 0.273. The van der Waals surface area contributed by atoms with Gasteiger partial charge in [-0.3, -0.25) is 9.69 Å². The van der Waals surface area contributed by atoms with E-state index in [1.54, 1.807) is 6.20 Å². The van der Waals surface area contributed by atoms with Crippen molar-refractivity contribution in [3.63, 3.8) is 0 Å². The van der Waals surface area contributed by atoms with E-state index in [0.29, 0.717) is 5.69 Å². The van der Waals surface area contributed by atoms with Gasteiger partial charge in [0.25, 0.3) is 5.56 Å². The first-order chi connectivity index (χ1) is 13.7. The number of benzene rings is 2. The summed E-state index contributed by atoms with van der Waals surface area (Å²) in [6.07, 6.45) is 2.73. The van der Waals surface area contributed by atoms with Gasteiger partial charge in [0, 0.05) is 32.7 Å². The third-order valence-electron chi connectivity index (χ3n) is 5.08. The lowest BCUT2D eigenvalue weighted by Gasteiger charge is -2.24. The topological polar surface area (TPSA) is 41.4 Å². The summed E-state index contributed by atoms with van der Waals surface area (Å²) in [6.45, 7) is 4.57. The molecule has 1 fully saturated rings. The molecule has 0 unspecified atom stereocenters. The van der Waals surface area contributed by atoms with Gasteiger partial charge in [0.1, 0.15) is 5.02 Å². The zero-order valence-electron chi connectivity index (χ0n) is 15.7. The Balaban J connectivity index is 1.50. The van der Waals surface area contributed by atoms with Gasteiger partial charge < -0.3 is 4.90 Å². The predicted molar refractivity (Wildman–Crippen MR) is 113 cm³/mol. The molecule has 0 saturated carbocycles. The highest BCUT2D eigenvalue weighted by atomic mass is 35.5. The van der Waals surface area contributed by atoms with Gasteiger partial charge in [-0.05, 0) is 24.1 Å². The Hall–Kier alpha value is -2.63. The molecule has 3 aromatic rings. The highest BCUT2D eigenvalue weighted by Gasteiger charge is 2.20. The monoisotopic (exact) mass is 394 g/mol. The molecule has 1 aliphatic heterocycles. The largest absolute Gasteiger partial charge is 0.368 e. The zero-order chi connectivity index (χ0) is 19.3. The Morgan fingerprint density at radius 2 is 1.61 bits per heavy atom. The van der Waals surface area contributed by atoms with Crippen molar-refractivity contribution in [2.75, 3.05) is 31.1 Å². The smallest absolute Gasteiger partial charge is 0.292 e. The third kappa shape index (κ3) is 4.11. The molecule has 0 atom stereocenters. The normalized spacial score (nSPS) is 15.4. The van der Waals surface area contributed by atoms with Crippen molar-refractivity contribution in [1.82, 2.24) is 14.7 Å². The fourth-order valence-electron chi connectivity index (χ4n) is 3.61. The molecule has 0 radical (unpaired) electrons. The van der Waals surface area contributed by atoms with Crippen LogP contribution in [0.2, 0.25) is 5.02 Å². The van der Waals surface area contributed by atoms with E-state index in [4.69, 9.17) is 11.6 Å². The van der Waals surface area contributed by atoms with Crippen LogP contribution in [-0.2, 0) is 6.54 Å². The quantitative estimate of drug-likeness (QED) is 0.678. The van der Waals surface area contributed by atoms with Crippen molar-refractivity contribution >= 4 is 17.3 Å². The minimum absolute atomic E-state index is 0.232. The van der Waals surface area contributed by atoms with Crippen molar-refractivity contribution < 1.29 is 0 Å². The van der Waals surface area contributed by atoms with Crippen LogP contribution in [0.4, 0.5) is 5.69 Å². The van der Waals surface area contributed by atoms with Crippen LogP contribution >= 0.6 is 11.6 Å². The first-order valence-electron chi connectivity index (χ1n) is 9.57. The Labute approximate surface area is 169 Å². The average molecular weight is 395 g/mol. The van der Waals surface area contributed by atoms with E-state index in [9.17, 15) is 4.79 Å². The van der Waals surface area contributed by atoms with Crippen molar-refractivity contribution in [1.29, 1.82) is 0 Å². The third-order valence-corrected chi connectivity index (χ3v) is 5.43. The van der Waals surface area contributed by atoms with Gasteiger partial charge in [-0.25, -0.2) is 0 Å². The lowest BCUT2D eigenvalue weighted by atomic mass is 10.2. The standard InChI is InChI=1S/C22H23ClN4O/c23-21-20(16-24-27(22(21)28)19-10-5-2-6-11-19)26-13-7-12-25(14-15-26)17-18-8-3-1-4-9-18/h1-6,8-11,16H,7,12-15,17H2. The van der Waals surface area contributed by atoms with E-state index in [-0.39, 0.29) is 10.6 Å². The van der Waals surface area contributed by atoms with Crippen LogP contribution in [0.5, 0.6) is 0 Å². The number of aromatic nitrogens is 2. The van der Waals surface area contributed by atoms with Crippen LogP contribution in [0.15, 0.2) is 71.7 Å². The highest BCUT2D eigenvalue weighted by Crippen LogP contribution is 2.23. The highest BCUT2D eigenvalue weighted by molar-refractivity contribution is 6.33. The number of anilines is 1. The zero-order valence-corrected chi connectivity index (χ0v) is 16.4. The molecule has 4 rings (SSSR count). The van der Waals surface area contributed by atoms with Crippen LogP contribution in [0.25, 0.3) is 5.69 Å². The van der Waals surface area contributed by atoms with Crippen molar-refractivity contribution in [2.45, 2.75) is 13.0 Å². The molecule has 0 aliphatic carbocycles. The van der Waals surface area contributed by atoms with Crippen LogP contribution in [0, 0.1) is 0 Å². The summed E-state index contributed by atoms with van der Waals surface area (Å²) >= 11 is 6.47. The van der Waals surface area contributed by atoms with Gasteiger partial charge in [0.05, 0.1) is 17.6 Å². The number of para-hydroxylation sites is 1. The molecular weight excluding hydrogens is 372 g/mol. The summed E-state index contributed by atoms with van der Waals surface area (Å²) < 4.78 is 1.35. The SMILES string of the molecule is O=c1c(Cl)c(N2CCCN(Cc3ccccc3)CC2)cnn1-c1ccccc1. The van der Waals surface area contributed by atoms with Crippen molar-refractivity contribution in [2.24, 2.45) is 0 Å². The number of hydrogen-bond donors (Lipinski definition) is 0.